The van der Waals surface area contributed by atoms with Crippen LogP contribution in [0.1, 0.15) is 12.8 Å². The fourth-order valence-corrected chi connectivity index (χ4v) is 3.62. The summed E-state index contributed by atoms with van der Waals surface area (Å²) in [5.41, 5.74) is 0. The summed E-state index contributed by atoms with van der Waals surface area (Å²) in [4.78, 5) is 0. The van der Waals surface area contributed by atoms with Crippen molar-refractivity contribution in [1.82, 2.24) is 6.23 Å². The van der Waals surface area contributed by atoms with Gasteiger partial charge in [-0.25, -0.2) is 6.23 Å². The Hall–Kier alpha value is 1.38. The highest BCUT2D eigenvalue weighted by Crippen LogP contribution is 2.33. The van der Waals surface area contributed by atoms with Crippen LogP contribution >= 0.6 is 45.7 Å². The van der Waals surface area contributed by atoms with Crippen LogP contribution in [0.3, 0.4) is 0 Å². The van der Waals surface area contributed by atoms with Crippen LogP contribution in [0.25, 0.3) is 0 Å². The van der Waals surface area contributed by atoms with Crippen molar-refractivity contribution in [3.05, 3.63) is 0 Å². The monoisotopic (exact) mass is 364 g/mol. The van der Waals surface area contributed by atoms with Crippen molar-refractivity contribution in [2.45, 2.75) is 24.9 Å². The van der Waals surface area contributed by atoms with E-state index in [-0.39, 0.29) is 0 Å². The van der Waals surface area contributed by atoms with Gasteiger partial charge in [-0.15, -0.1) is 0 Å². The van der Waals surface area contributed by atoms with E-state index < -0.39 is 0 Å². The van der Waals surface area contributed by atoms with Crippen molar-refractivity contribution < 1.29 is 0 Å². The molecule has 2 rings (SSSR count). The highest BCUT2D eigenvalue weighted by molar-refractivity contribution is 14.1. The molecule has 58 valence electrons. The summed E-state index contributed by atoms with van der Waals surface area (Å²) >= 11 is 4.93. The Kier molecular flexibility index (Phi) is 2.42. The van der Waals surface area contributed by atoms with Crippen LogP contribution in [0, 0.1) is 0 Å². The lowest BCUT2D eigenvalue weighted by atomic mass is 10.2. The van der Waals surface area contributed by atoms with E-state index in [2.05, 4.69) is 52.0 Å². The molecule has 0 aromatic carbocycles. The molecule has 2 aliphatic rings. The molecule has 0 aliphatic carbocycles. The second-order valence-corrected chi connectivity index (χ2v) is 5.54. The predicted octanol–water partition coefficient (Wildman–Crippen LogP) is 1.83. The molecule has 0 N–H and O–H groups in total. The first-order chi connectivity index (χ1) is 4.77. The Labute approximate surface area is 89.3 Å². The Morgan fingerprint density at radius 2 is 1.50 bits per heavy atom. The van der Waals surface area contributed by atoms with Gasteiger partial charge in [0.15, 0.2) is 0 Å². The minimum Gasteiger partial charge on any atom is -0.244 e. The van der Waals surface area contributed by atoms with E-state index in [1.807, 2.05) is 0 Å². The Balaban J connectivity index is 2.09. The number of rotatable bonds is 0. The number of halogens is 2. The lowest BCUT2D eigenvalue weighted by Crippen LogP contribution is -2.45. The molecule has 2 fully saturated rings. The molecular formula is C6H10I2N2. The molecule has 0 saturated carbocycles. The molecule has 2 saturated heterocycles. The third-order valence-electron chi connectivity index (χ3n) is 2.35. The van der Waals surface area contributed by atoms with Gasteiger partial charge in [0, 0.05) is 70.9 Å². The summed E-state index contributed by atoms with van der Waals surface area (Å²) in [6.07, 6.45) is 2.82. The quantitative estimate of drug-likeness (QED) is 0.478. The maximum Gasteiger partial charge on any atom is 0.0333 e. The van der Waals surface area contributed by atoms with E-state index >= 15 is 0 Å². The molecule has 2 heterocycles. The normalized spacial score (nSPS) is 42.6. The molecule has 10 heavy (non-hydrogen) atoms. The summed E-state index contributed by atoms with van der Waals surface area (Å²) in [6, 6.07) is 1.69. The minimum atomic E-state index is 0.844. The molecule has 0 radical (unpaired) electrons. The largest absolute Gasteiger partial charge is 0.244 e. The van der Waals surface area contributed by atoms with Gasteiger partial charge in [0.25, 0.3) is 0 Å². The molecule has 2 unspecified atom stereocenters. The standard InChI is InChI=1S/C6H10I2N2/c7-9-3-5-1-2-6(4-9)10(5)8/h5-6H,1-4H2. The topological polar surface area (TPSA) is 6.48 Å². The fourth-order valence-electron chi connectivity index (χ4n) is 1.80. The van der Waals surface area contributed by atoms with Crippen molar-refractivity contribution in [3.8, 4) is 0 Å². The highest BCUT2D eigenvalue weighted by Gasteiger charge is 2.37. The van der Waals surface area contributed by atoms with Gasteiger partial charge in [0.2, 0.25) is 0 Å². The summed E-state index contributed by atoms with van der Waals surface area (Å²) < 4.78 is 4.95. The van der Waals surface area contributed by atoms with E-state index in [9.17, 15) is 0 Å². The van der Waals surface area contributed by atoms with Crippen LogP contribution in [0.4, 0.5) is 0 Å². The van der Waals surface area contributed by atoms with Crippen molar-refractivity contribution in [2.75, 3.05) is 13.1 Å². The van der Waals surface area contributed by atoms with Gasteiger partial charge >= 0.3 is 0 Å². The number of hydrogen-bond acceptors (Lipinski definition) is 2. The molecular weight excluding hydrogens is 354 g/mol. The van der Waals surface area contributed by atoms with E-state index in [0.29, 0.717) is 0 Å². The van der Waals surface area contributed by atoms with Crippen molar-refractivity contribution in [3.63, 3.8) is 0 Å². The zero-order valence-electron chi connectivity index (χ0n) is 5.63. The molecule has 2 aliphatic heterocycles. The first-order valence-corrected chi connectivity index (χ1v) is 5.55. The average Bonchev–Trinajstić information content (AvgIpc) is 2.20. The fraction of sp³-hybridized carbons (Fsp3) is 1.00. The summed E-state index contributed by atoms with van der Waals surface area (Å²) in [5, 5.41) is 0. The van der Waals surface area contributed by atoms with E-state index in [1.165, 1.54) is 25.9 Å². The molecule has 0 amide bonds. The second-order valence-electron chi connectivity index (χ2n) is 3.06. The van der Waals surface area contributed by atoms with Crippen LogP contribution in [0.2, 0.25) is 0 Å². The molecule has 2 bridgehead atoms. The van der Waals surface area contributed by atoms with E-state index in [1.54, 1.807) is 0 Å². The maximum atomic E-state index is 2.52. The van der Waals surface area contributed by atoms with Gasteiger partial charge in [-0.2, -0.15) is 0 Å². The SMILES string of the molecule is IN1CC2CCC(C1)N2I. The van der Waals surface area contributed by atoms with Gasteiger partial charge in [0.1, 0.15) is 0 Å². The van der Waals surface area contributed by atoms with Crippen LogP contribution in [-0.2, 0) is 0 Å². The third kappa shape index (κ3) is 1.32. The second kappa shape index (κ2) is 3.02. The zero-order chi connectivity index (χ0) is 7.14. The first-order valence-electron chi connectivity index (χ1n) is 3.62. The number of hydrogen-bond donors (Lipinski definition) is 0. The van der Waals surface area contributed by atoms with Crippen molar-refractivity contribution >= 4 is 45.7 Å². The lowest BCUT2D eigenvalue weighted by Gasteiger charge is -2.33. The summed E-state index contributed by atoms with van der Waals surface area (Å²) in [7, 11) is 0. The van der Waals surface area contributed by atoms with Crippen LogP contribution < -0.4 is 0 Å². The number of piperazine rings is 1. The Bertz CT molecular complexity index is 128. The van der Waals surface area contributed by atoms with E-state index in [0.717, 1.165) is 12.1 Å². The number of fused-ring (bicyclic) bond motifs is 2. The van der Waals surface area contributed by atoms with Gasteiger partial charge in [-0.1, -0.05) is 0 Å². The van der Waals surface area contributed by atoms with Crippen molar-refractivity contribution in [1.29, 1.82) is 0 Å². The van der Waals surface area contributed by atoms with Crippen molar-refractivity contribution in [2.24, 2.45) is 0 Å². The van der Waals surface area contributed by atoms with Crippen LogP contribution in [0.5, 0.6) is 0 Å². The maximum absolute atomic E-state index is 2.52. The number of nitrogens with zero attached hydrogens (tertiary/aromatic N) is 2. The zero-order valence-corrected chi connectivity index (χ0v) is 9.95. The smallest absolute Gasteiger partial charge is 0.0333 e. The summed E-state index contributed by atoms with van der Waals surface area (Å²) in [5.74, 6) is 0. The highest BCUT2D eigenvalue weighted by atomic mass is 127. The molecule has 0 spiro atoms. The first kappa shape index (κ1) is 8.00. The predicted molar refractivity (Wildman–Crippen MR) is 58.3 cm³/mol. The van der Waals surface area contributed by atoms with Gasteiger partial charge < -0.3 is 0 Å². The molecule has 4 heteroatoms. The van der Waals surface area contributed by atoms with Crippen LogP contribution in [-0.4, -0.2) is 31.4 Å². The van der Waals surface area contributed by atoms with Gasteiger partial charge in [-0.3, -0.25) is 0 Å². The molecule has 0 aromatic rings. The van der Waals surface area contributed by atoms with Gasteiger partial charge in [0.05, 0.1) is 0 Å². The molecule has 0 aromatic heterocycles. The minimum absolute atomic E-state index is 0.844. The molecule has 2 nitrogen and oxygen atoms in total. The van der Waals surface area contributed by atoms with E-state index in [4.69, 9.17) is 0 Å². The Morgan fingerprint density at radius 3 is 2.00 bits per heavy atom. The lowest BCUT2D eigenvalue weighted by molar-refractivity contribution is 0.254. The molecule has 2 atom stereocenters. The third-order valence-corrected chi connectivity index (χ3v) is 4.71. The van der Waals surface area contributed by atoms with Crippen LogP contribution in [0.15, 0.2) is 0 Å². The average molecular weight is 364 g/mol. The van der Waals surface area contributed by atoms with Gasteiger partial charge in [-0.05, 0) is 12.8 Å². The Morgan fingerprint density at radius 1 is 1.00 bits per heavy atom. The summed E-state index contributed by atoms with van der Waals surface area (Å²) in [6.45, 7) is 2.53.